The second-order valence-corrected chi connectivity index (χ2v) is 7.01. The van der Waals surface area contributed by atoms with Crippen LogP contribution in [0.3, 0.4) is 0 Å². The monoisotopic (exact) mass is 291 g/mol. The molecule has 1 saturated carbocycles. The summed E-state index contributed by atoms with van der Waals surface area (Å²) in [5, 5.41) is 13.1. The molecule has 1 aliphatic carbocycles. The molecule has 2 rings (SSSR count). The van der Waals surface area contributed by atoms with Gasteiger partial charge in [0.1, 0.15) is 5.54 Å². The van der Waals surface area contributed by atoms with Crippen molar-refractivity contribution in [3.8, 4) is 6.07 Å². The van der Waals surface area contributed by atoms with Gasteiger partial charge in [0, 0.05) is 6.04 Å². The van der Waals surface area contributed by atoms with Crippen molar-refractivity contribution in [3.05, 3.63) is 0 Å². The first-order valence-electron chi connectivity index (χ1n) is 9.15. The zero-order valence-corrected chi connectivity index (χ0v) is 14.0. The molecule has 1 aliphatic heterocycles. The number of fused-ring (bicyclic) bond motifs is 1. The van der Waals surface area contributed by atoms with Gasteiger partial charge in [0.15, 0.2) is 0 Å². The van der Waals surface area contributed by atoms with Crippen molar-refractivity contribution in [3.63, 3.8) is 0 Å². The van der Waals surface area contributed by atoms with Crippen LogP contribution in [0.5, 0.6) is 0 Å². The van der Waals surface area contributed by atoms with Gasteiger partial charge < -0.3 is 4.90 Å². The molecule has 120 valence electrons. The maximum atomic E-state index is 9.56. The zero-order chi connectivity index (χ0) is 15.1. The Balaban J connectivity index is 1.80. The lowest BCUT2D eigenvalue weighted by molar-refractivity contribution is 0.109. The highest BCUT2D eigenvalue weighted by atomic mass is 15.2. The fourth-order valence-corrected chi connectivity index (χ4v) is 4.35. The summed E-state index contributed by atoms with van der Waals surface area (Å²) < 4.78 is 0. The summed E-state index contributed by atoms with van der Waals surface area (Å²) in [7, 11) is 0. The zero-order valence-electron chi connectivity index (χ0n) is 14.0. The maximum Gasteiger partial charge on any atom is 0.106 e. The molecule has 3 nitrogen and oxygen atoms in total. The number of piperidine rings is 1. The number of hydrogen-bond donors (Lipinski definition) is 1. The third-order valence-corrected chi connectivity index (χ3v) is 5.69. The minimum Gasteiger partial charge on any atom is -0.300 e. The molecule has 3 atom stereocenters. The Bertz CT molecular complexity index is 349. The SMILES string of the molecule is CCCNC(C#N)(CC)CCCN1CCCC2CCCC21. The average molecular weight is 291 g/mol. The summed E-state index contributed by atoms with van der Waals surface area (Å²) in [4.78, 5) is 2.73. The molecule has 1 N–H and O–H groups in total. The number of nitriles is 1. The van der Waals surface area contributed by atoms with E-state index >= 15 is 0 Å². The van der Waals surface area contributed by atoms with Crippen LogP contribution in [-0.4, -0.2) is 36.1 Å². The Morgan fingerprint density at radius 2 is 2.05 bits per heavy atom. The molecule has 0 aromatic rings. The first kappa shape index (κ1) is 16.8. The van der Waals surface area contributed by atoms with Crippen molar-refractivity contribution in [1.29, 1.82) is 5.26 Å². The number of rotatable bonds is 8. The van der Waals surface area contributed by atoms with Crippen LogP contribution >= 0.6 is 0 Å². The topological polar surface area (TPSA) is 39.1 Å². The number of hydrogen-bond acceptors (Lipinski definition) is 3. The molecular weight excluding hydrogens is 258 g/mol. The van der Waals surface area contributed by atoms with Crippen LogP contribution in [0.1, 0.15) is 71.6 Å². The van der Waals surface area contributed by atoms with Gasteiger partial charge in [0.2, 0.25) is 0 Å². The van der Waals surface area contributed by atoms with Crippen molar-refractivity contribution in [1.82, 2.24) is 10.2 Å². The summed E-state index contributed by atoms with van der Waals surface area (Å²) in [6.45, 7) is 7.74. The summed E-state index contributed by atoms with van der Waals surface area (Å²) in [6, 6.07) is 3.42. The molecule has 2 aliphatic rings. The largest absolute Gasteiger partial charge is 0.300 e. The normalized spacial score (nSPS) is 28.8. The molecule has 3 heteroatoms. The van der Waals surface area contributed by atoms with Gasteiger partial charge in [-0.15, -0.1) is 0 Å². The Kier molecular flexibility index (Phi) is 6.51. The molecule has 2 fully saturated rings. The molecule has 0 amide bonds. The van der Waals surface area contributed by atoms with Gasteiger partial charge in [-0.3, -0.25) is 5.32 Å². The molecule has 1 heterocycles. The van der Waals surface area contributed by atoms with E-state index in [1.54, 1.807) is 0 Å². The fourth-order valence-electron chi connectivity index (χ4n) is 4.35. The van der Waals surface area contributed by atoms with Crippen molar-refractivity contribution in [2.24, 2.45) is 5.92 Å². The van der Waals surface area contributed by atoms with Crippen LogP contribution in [0.2, 0.25) is 0 Å². The molecule has 21 heavy (non-hydrogen) atoms. The van der Waals surface area contributed by atoms with Crippen molar-refractivity contribution in [2.45, 2.75) is 83.2 Å². The molecule has 1 saturated heterocycles. The van der Waals surface area contributed by atoms with E-state index in [9.17, 15) is 5.26 Å². The molecule has 3 unspecified atom stereocenters. The van der Waals surface area contributed by atoms with Crippen LogP contribution in [0.4, 0.5) is 0 Å². The van der Waals surface area contributed by atoms with Crippen LogP contribution < -0.4 is 5.32 Å². The van der Waals surface area contributed by atoms with Gasteiger partial charge in [-0.2, -0.15) is 5.26 Å². The average Bonchev–Trinajstić information content (AvgIpc) is 3.00. The highest BCUT2D eigenvalue weighted by Gasteiger charge is 2.35. The Morgan fingerprint density at radius 3 is 2.76 bits per heavy atom. The maximum absolute atomic E-state index is 9.56. The summed E-state index contributed by atoms with van der Waals surface area (Å²) in [5.41, 5.74) is -0.291. The highest BCUT2D eigenvalue weighted by Crippen LogP contribution is 2.36. The van der Waals surface area contributed by atoms with Gasteiger partial charge in [-0.1, -0.05) is 20.3 Å². The van der Waals surface area contributed by atoms with E-state index in [2.05, 4.69) is 30.1 Å². The second kappa shape index (κ2) is 8.15. The predicted octanol–water partition coefficient (Wildman–Crippen LogP) is 3.70. The second-order valence-electron chi connectivity index (χ2n) is 7.01. The van der Waals surface area contributed by atoms with E-state index in [0.717, 1.165) is 44.2 Å². The lowest BCUT2D eigenvalue weighted by atomic mass is 9.89. The quantitative estimate of drug-likeness (QED) is 0.741. The fraction of sp³-hybridized carbons (Fsp3) is 0.944. The lowest BCUT2D eigenvalue weighted by Crippen LogP contribution is -2.46. The summed E-state index contributed by atoms with van der Waals surface area (Å²) >= 11 is 0. The molecular formula is C18H33N3. The van der Waals surface area contributed by atoms with Crippen molar-refractivity contribution < 1.29 is 0 Å². The van der Waals surface area contributed by atoms with Crippen LogP contribution in [0, 0.1) is 17.2 Å². The third kappa shape index (κ3) is 4.20. The number of likely N-dealkylation sites (tertiary alicyclic amines) is 1. The molecule has 0 aromatic heterocycles. The van der Waals surface area contributed by atoms with Gasteiger partial charge in [-0.25, -0.2) is 0 Å². The van der Waals surface area contributed by atoms with E-state index in [4.69, 9.17) is 0 Å². The first-order valence-corrected chi connectivity index (χ1v) is 9.15. The van der Waals surface area contributed by atoms with E-state index in [1.165, 1.54) is 45.2 Å². The van der Waals surface area contributed by atoms with Crippen LogP contribution in [-0.2, 0) is 0 Å². The van der Waals surface area contributed by atoms with E-state index in [-0.39, 0.29) is 5.54 Å². The van der Waals surface area contributed by atoms with Gasteiger partial charge in [0.25, 0.3) is 0 Å². The summed E-state index contributed by atoms with van der Waals surface area (Å²) in [6.07, 6.45) is 11.3. The molecule has 0 bridgehead atoms. The molecule has 0 spiro atoms. The summed E-state index contributed by atoms with van der Waals surface area (Å²) in [5.74, 6) is 0.976. The van der Waals surface area contributed by atoms with Crippen molar-refractivity contribution >= 4 is 0 Å². The molecule has 0 aromatic carbocycles. The van der Waals surface area contributed by atoms with Crippen LogP contribution in [0.15, 0.2) is 0 Å². The first-order chi connectivity index (χ1) is 10.2. The predicted molar refractivity (Wildman–Crippen MR) is 88.1 cm³/mol. The number of nitrogens with zero attached hydrogens (tertiary/aromatic N) is 2. The van der Waals surface area contributed by atoms with Crippen LogP contribution in [0.25, 0.3) is 0 Å². The Hall–Kier alpha value is -0.590. The van der Waals surface area contributed by atoms with E-state index in [1.807, 2.05) is 0 Å². The minimum absolute atomic E-state index is 0.291. The minimum atomic E-state index is -0.291. The highest BCUT2D eigenvalue weighted by molar-refractivity contribution is 5.06. The Labute approximate surface area is 131 Å². The number of nitrogens with one attached hydrogen (secondary N) is 1. The smallest absolute Gasteiger partial charge is 0.106 e. The van der Waals surface area contributed by atoms with Gasteiger partial charge in [0.05, 0.1) is 6.07 Å². The molecule has 0 radical (unpaired) electrons. The van der Waals surface area contributed by atoms with E-state index in [0.29, 0.717) is 0 Å². The van der Waals surface area contributed by atoms with Crippen molar-refractivity contribution in [2.75, 3.05) is 19.6 Å². The Morgan fingerprint density at radius 1 is 1.24 bits per heavy atom. The standard InChI is InChI=1S/C18H33N3/c1-3-12-20-18(4-2,15-19)11-7-14-21-13-6-9-16-8-5-10-17(16)21/h16-17,20H,3-14H2,1-2H3. The van der Waals surface area contributed by atoms with Gasteiger partial charge >= 0.3 is 0 Å². The van der Waals surface area contributed by atoms with Gasteiger partial charge in [-0.05, 0) is 76.9 Å². The van der Waals surface area contributed by atoms with E-state index < -0.39 is 0 Å². The lowest BCUT2D eigenvalue weighted by Gasteiger charge is -2.38. The third-order valence-electron chi connectivity index (χ3n) is 5.69.